The van der Waals surface area contributed by atoms with Gasteiger partial charge in [0, 0.05) is 56.0 Å². The van der Waals surface area contributed by atoms with Crippen molar-refractivity contribution in [3.05, 3.63) is 113 Å². The Hall–Kier alpha value is -3.84. The van der Waals surface area contributed by atoms with Crippen LogP contribution < -0.4 is 9.64 Å². The second kappa shape index (κ2) is 13.2. The van der Waals surface area contributed by atoms with Crippen LogP contribution in [0, 0.1) is 0 Å². The monoisotopic (exact) mass is 569 g/mol. The third-order valence-electron chi connectivity index (χ3n) is 7.52. The quantitative estimate of drug-likeness (QED) is 0.224. The Morgan fingerprint density at radius 3 is 2.24 bits per heavy atom. The number of hydrogen-bond donors (Lipinski definition) is 1. The molecule has 0 bridgehead atoms. The van der Waals surface area contributed by atoms with Crippen LogP contribution in [0.25, 0.3) is 11.1 Å². The maximum atomic E-state index is 12.0. The van der Waals surface area contributed by atoms with Crippen LogP contribution in [-0.2, 0) is 13.0 Å². The first-order chi connectivity index (χ1) is 19.9. The topological polar surface area (TPSA) is 56.2 Å². The van der Waals surface area contributed by atoms with Gasteiger partial charge in [-0.05, 0) is 73.1 Å². The Morgan fingerprint density at radius 2 is 1.54 bits per heavy atom. The van der Waals surface area contributed by atoms with E-state index in [1.165, 1.54) is 11.1 Å². The van der Waals surface area contributed by atoms with E-state index in [1.54, 1.807) is 6.07 Å². The predicted molar refractivity (Wildman–Crippen MR) is 167 cm³/mol. The summed E-state index contributed by atoms with van der Waals surface area (Å²) in [5, 5.41) is 10.6. The maximum absolute atomic E-state index is 12.0. The Labute approximate surface area is 247 Å². The van der Waals surface area contributed by atoms with Gasteiger partial charge in [-0.3, -0.25) is 4.90 Å². The van der Waals surface area contributed by atoms with Crippen LogP contribution in [0.5, 0.6) is 11.5 Å². The van der Waals surface area contributed by atoms with Gasteiger partial charge in [-0.15, -0.1) is 0 Å². The molecule has 5 rings (SSSR count). The highest BCUT2D eigenvalue weighted by Crippen LogP contribution is 2.33. The lowest BCUT2D eigenvalue weighted by Crippen LogP contribution is -2.46. The molecule has 4 aromatic rings. The number of piperazine rings is 1. The average molecular weight is 570 g/mol. The molecule has 0 aliphatic carbocycles. The van der Waals surface area contributed by atoms with Crippen molar-refractivity contribution in [2.75, 3.05) is 51.7 Å². The van der Waals surface area contributed by atoms with E-state index < -0.39 is 5.97 Å². The Bertz CT molecular complexity index is 1480. The molecule has 1 aliphatic rings. The molecule has 4 aromatic carbocycles. The summed E-state index contributed by atoms with van der Waals surface area (Å²) in [7, 11) is 4.07. The molecule has 0 unspecified atom stereocenters. The van der Waals surface area contributed by atoms with Crippen molar-refractivity contribution in [2.24, 2.45) is 0 Å². The molecule has 1 saturated heterocycles. The van der Waals surface area contributed by atoms with Crippen molar-refractivity contribution in [3.63, 3.8) is 0 Å². The second-order valence-electron chi connectivity index (χ2n) is 10.7. The zero-order valence-electron chi connectivity index (χ0n) is 23.6. The minimum absolute atomic E-state index is 0.161. The largest absolute Gasteiger partial charge is 0.478 e. The fourth-order valence-electron chi connectivity index (χ4n) is 5.22. The molecule has 212 valence electrons. The Balaban J connectivity index is 1.29. The molecular formula is C34H36ClN3O3. The predicted octanol–water partition coefficient (Wildman–Crippen LogP) is 6.92. The molecular weight excluding hydrogens is 534 g/mol. The van der Waals surface area contributed by atoms with E-state index in [0.29, 0.717) is 11.5 Å². The number of carboxylic acid groups (broad SMARTS) is 1. The molecule has 0 aromatic heterocycles. The summed E-state index contributed by atoms with van der Waals surface area (Å²) >= 11 is 6.11. The van der Waals surface area contributed by atoms with Gasteiger partial charge in [-0.1, -0.05) is 66.2 Å². The van der Waals surface area contributed by atoms with Crippen molar-refractivity contribution in [3.8, 4) is 22.6 Å². The number of carboxylic acids is 1. The lowest BCUT2D eigenvalue weighted by molar-refractivity contribution is 0.0694. The highest BCUT2D eigenvalue weighted by molar-refractivity contribution is 6.30. The first-order valence-electron chi connectivity index (χ1n) is 14.0. The number of anilines is 1. The van der Waals surface area contributed by atoms with Gasteiger partial charge < -0.3 is 19.6 Å². The van der Waals surface area contributed by atoms with E-state index in [2.05, 4.69) is 51.1 Å². The van der Waals surface area contributed by atoms with Gasteiger partial charge in [-0.25, -0.2) is 4.79 Å². The van der Waals surface area contributed by atoms with Crippen molar-refractivity contribution in [1.29, 1.82) is 0 Å². The first kappa shape index (κ1) is 28.7. The molecule has 1 aliphatic heterocycles. The summed E-state index contributed by atoms with van der Waals surface area (Å²) in [6, 6.07) is 29.8. The number of ether oxygens (including phenoxy) is 1. The minimum Gasteiger partial charge on any atom is -0.478 e. The number of rotatable bonds is 10. The summed E-state index contributed by atoms with van der Waals surface area (Å²) in [4.78, 5) is 18.9. The van der Waals surface area contributed by atoms with Gasteiger partial charge in [-0.2, -0.15) is 0 Å². The van der Waals surface area contributed by atoms with Gasteiger partial charge in [0.2, 0.25) is 0 Å². The zero-order valence-corrected chi connectivity index (χ0v) is 24.3. The fourth-order valence-corrected chi connectivity index (χ4v) is 5.34. The van der Waals surface area contributed by atoms with Crippen LogP contribution in [0.15, 0.2) is 91.0 Å². The van der Waals surface area contributed by atoms with Crippen LogP contribution in [0.4, 0.5) is 5.69 Å². The molecule has 41 heavy (non-hydrogen) atoms. The second-order valence-corrected chi connectivity index (χ2v) is 11.1. The number of likely N-dealkylation sites (N-methyl/N-ethyl adjacent to an activating group) is 1. The van der Waals surface area contributed by atoms with E-state index >= 15 is 0 Å². The molecule has 0 atom stereocenters. The van der Waals surface area contributed by atoms with Gasteiger partial charge in [0.25, 0.3) is 0 Å². The molecule has 0 spiro atoms. The first-order valence-corrected chi connectivity index (χ1v) is 14.3. The van der Waals surface area contributed by atoms with E-state index in [1.807, 2.05) is 62.6 Å². The molecule has 1 N–H and O–H groups in total. The molecule has 6 nitrogen and oxygen atoms in total. The Morgan fingerprint density at radius 1 is 0.854 bits per heavy atom. The fraction of sp³-hybridized carbons (Fsp3) is 0.265. The number of hydrogen-bond acceptors (Lipinski definition) is 5. The summed E-state index contributed by atoms with van der Waals surface area (Å²) < 4.78 is 6.28. The number of nitrogens with zero attached hydrogens (tertiary/aromatic N) is 3. The SMILES string of the molecule is CN(C)CCc1ccccc1Oc1cc(N2CCN(Cc3ccccc3-c3ccc(Cl)cc3)CC2)ccc1C(=O)O. The van der Waals surface area contributed by atoms with Crippen LogP contribution in [-0.4, -0.2) is 67.7 Å². The van der Waals surface area contributed by atoms with Gasteiger partial charge in [0.1, 0.15) is 17.1 Å². The minimum atomic E-state index is -0.999. The third kappa shape index (κ3) is 7.27. The number of para-hydroxylation sites is 1. The standard InChI is InChI=1S/C34H36ClN3O3/c1-36(2)18-17-26-7-4-6-10-32(26)41-33-23-29(15-16-31(33)34(39)40)38-21-19-37(20-22-38)24-27-8-3-5-9-30(27)25-11-13-28(35)14-12-25/h3-16,23H,17-22,24H2,1-2H3,(H,39,40). The maximum Gasteiger partial charge on any atom is 0.339 e. The van der Waals surface area contributed by atoms with Crippen LogP contribution in [0.3, 0.4) is 0 Å². The lowest BCUT2D eigenvalue weighted by Gasteiger charge is -2.36. The van der Waals surface area contributed by atoms with Crippen LogP contribution >= 0.6 is 11.6 Å². The van der Waals surface area contributed by atoms with Crippen LogP contribution in [0.1, 0.15) is 21.5 Å². The lowest BCUT2D eigenvalue weighted by atomic mass is 9.99. The van der Waals surface area contributed by atoms with Gasteiger partial charge in [0.15, 0.2) is 0 Å². The number of carbonyl (C=O) groups is 1. The summed E-state index contributed by atoms with van der Waals surface area (Å²) in [5.41, 5.74) is 5.86. The highest BCUT2D eigenvalue weighted by Gasteiger charge is 2.21. The molecule has 1 heterocycles. The van der Waals surface area contributed by atoms with E-state index in [0.717, 1.165) is 67.5 Å². The summed E-state index contributed by atoms with van der Waals surface area (Å²) in [6.45, 7) is 5.23. The number of benzene rings is 4. The van der Waals surface area contributed by atoms with Crippen molar-refractivity contribution < 1.29 is 14.6 Å². The molecule has 1 fully saturated rings. The van der Waals surface area contributed by atoms with Crippen molar-refractivity contribution in [2.45, 2.75) is 13.0 Å². The van der Waals surface area contributed by atoms with Gasteiger partial charge in [0.05, 0.1) is 0 Å². The van der Waals surface area contributed by atoms with Crippen LogP contribution in [0.2, 0.25) is 5.02 Å². The van der Waals surface area contributed by atoms with Crippen molar-refractivity contribution in [1.82, 2.24) is 9.80 Å². The normalized spacial score (nSPS) is 13.9. The average Bonchev–Trinajstić information content (AvgIpc) is 2.98. The molecule has 0 saturated carbocycles. The number of aromatic carboxylic acids is 1. The summed E-state index contributed by atoms with van der Waals surface area (Å²) in [6.07, 6.45) is 0.814. The molecule has 0 amide bonds. The zero-order chi connectivity index (χ0) is 28.8. The van der Waals surface area contributed by atoms with Gasteiger partial charge >= 0.3 is 5.97 Å². The summed E-state index contributed by atoms with van der Waals surface area (Å²) in [5.74, 6) is 0.0614. The molecule has 0 radical (unpaired) electrons. The van der Waals surface area contributed by atoms with E-state index in [-0.39, 0.29) is 5.56 Å². The number of halogens is 1. The third-order valence-corrected chi connectivity index (χ3v) is 7.77. The molecule has 7 heteroatoms. The highest BCUT2D eigenvalue weighted by atomic mass is 35.5. The Kier molecular flexibility index (Phi) is 9.24. The van der Waals surface area contributed by atoms with E-state index in [9.17, 15) is 9.90 Å². The van der Waals surface area contributed by atoms with E-state index in [4.69, 9.17) is 16.3 Å². The van der Waals surface area contributed by atoms with Crippen molar-refractivity contribution >= 4 is 23.3 Å². The smallest absolute Gasteiger partial charge is 0.339 e.